The van der Waals surface area contributed by atoms with Crippen LogP contribution in [0.4, 0.5) is 14.5 Å². The largest absolute Gasteiger partial charge is 0.322 e. The van der Waals surface area contributed by atoms with Crippen molar-refractivity contribution in [3.8, 4) is 11.5 Å². The molecule has 0 atom stereocenters. The van der Waals surface area contributed by atoms with Gasteiger partial charge in [0.2, 0.25) is 0 Å². The van der Waals surface area contributed by atoms with Gasteiger partial charge in [-0.1, -0.05) is 12.1 Å². The quantitative estimate of drug-likeness (QED) is 0.568. The van der Waals surface area contributed by atoms with E-state index >= 15 is 0 Å². The van der Waals surface area contributed by atoms with Crippen molar-refractivity contribution in [1.82, 2.24) is 14.3 Å². The van der Waals surface area contributed by atoms with Crippen LogP contribution < -0.4 is 5.32 Å². The number of rotatable bonds is 4. The van der Waals surface area contributed by atoms with Crippen LogP contribution in [0.5, 0.6) is 0 Å². The lowest BCUT2D eigenvalue weighted by atomic mass is 10.2. The number of amides is 1. The van der Waals surface area contributed by atoms with E-state index in [-0.39, 0.29) is 17.1 Å². The normalized spacial score (nSPS) is 10.8. The van der Waals surface area contributed by atoms with E-state index in [1.807, 2.05) is 0 Å². The molecule has 2 aromatic carbocycles. The number of hydrogen-bond donors (Lipinski definition) is 1. The zero-order valence-electron chi connectivity index (χ0n) is 14.9. The third-order valence-corrected chi connectivity index (χ3v) is 4.35. The predicted octanol–water partition coefficient (Wildman–Crippen LogP) is 4.50. The van der Waals surface area contributed by atoms with Gasteiger partial charge in [-0.3, -0.25) is 4.79 Å². The molecule has 4 aromatic rings. The Balaban J connectivity index is 1.79. The van der Waals surface area contributed by atoms with Gasteiger partial charge in [-0.15, -0.1) is 0 Å². The highest BCUT2D eigenvalue weighted by Crippen LogP contribution is 2.23. The number of halogens is 2. The van der Waals surface area contributed by atoms with Crippen molar-refractivity contribution in [2.45, 2.75) is 6.92 Å². The first-order valence-corrected chi connectivity index (χ1v) is 8.58. The molecule has 1 N–H and O–H groups in total. The third-order valence-electron chi connectivity index (χ3n) is 4.35. The van der Waals surface area contributed by atoms with Gasteiger partial charge >= 0.3 is 0 Å². The third kappa shape index (κ3) is 3.18. The Morgan fingerprint density at radius 2 is 1.79 bits per heavy atom. The summed E-state index contributed by atoms with van der Waals surface area (Å²) in [6.45, 7) is 1.70. The zero-order chi connectivity index (χ0) is 19.7. The van der Waals surface area contributed by atoms with Crippen LogP contribution in [0.15, 0.2) is 73.2 Å². The molecule has 0 aliphatic carbocycles. The van der Waals surface area contributed by atoms with Gasteiger partial charge in [0.15, 0.2) is 5.82 Å². The topological polar surface area (TPSA) is 51.9 Å². The van der Waals surface area contributed by atoms with Gasteiger partial charge in [0.25, 0.3) is 5.91 Å². The van der Waals surface area contributed by atoms with E-state index in [0.29, 0.717) is 17.1 Å². The van der Waals surface area contributed by atoms with Gasteiger partial charge in [-0.05, 0) is 55.0 Å². The standard InChI is InChI=1S/C21H16F2N4O/c1-14-12-15(22)8-9-18(14)25-20(28)16-13-24-27(19-7-3-2-6-17(19)23)21(16)26-10-4-5-11-26/h2-13H,1H3,(H,25,28). The molecular weight excluding hydrogens is 362 g/mol. The number of aromatic nitrogens is 3. The van der Waals surface area contributed by atoms with E-state index in [9.17, 15) is 13.6 Å². The summed E-state index contributed by atoms with van der Waals surface area (Å²) >= 11 is 0. The smallest absolute Gasteiger partial charge is 0.261 e. The Hall–Kier alpha value is -3.74. The van der Waals surface area contributed by atoms with Crippen LogP contribution in [0, 0.1) is 18.6 Å². The highest BCUT2D eigenvalue weighted by molar-refractivity contribution is 6.06. The molecule has 0 aliphatic rings. The molecule has 0 radical (unpaired) electrons. The molecule has 1 amide bonds. The molecule has 0 spiro atoms. The highest BCUT2D eigenvalue weighted by atomic mass is 19.1. The van der Waals surface area contributed by atoms with E-state index < -0.39 is 11.7 Å². The second-order valence-corrected chi connectivity index (χ2v) is 6.25. The van der Waals surface area contributed by atoms with Crippen LogP contribution >= 0.6 is 0 Å². The summed E-state index contributed by atoms with van der Waals surface area (Å²) in [5.41, 5.74) is 1.56. The molecule has 2 heterocycles. The summed E-state index contributed by atoms with van der Waals surface area (Å²) in [4.78, 5) is 12.9. The molecule has 0 bridgehead atoms. The molecule has 2 aromatic heterocycles. The lowest BCUT2D eigenvalue weighted by Gasteiger charge is -2.12. The van der Waals surface area contributed by atoms with Crippen molar-refractivity contribution in [2.24, 2.45) is 0 Å². The summed E-state index contributed by atoms with van der Waals surface area (Å²) in [5.74, 6) is -0.871. The molecule has 4 rings (SSSR count). The van der Waals surface area contributed by atoms with E-state index in [0.717, 1.165) is 0 Å². The minimum Gasteiger partial charge on any atom is -0.322 e. The fraction of sp³-hybridized carbons (Fsp3) is 0.0476. The molecule has 0 aliphatic heterocycles. The molecule has 140 valence electrons. The van der Waals surface area contributed by atoms with E-state index in [4.69, 9.17) is 0 Å². The number of hydrogen-bond acceptors (Lipinski definition) is 2. The van der Waals surface area contributed by atoms with Crippen LogP contribution in [0.1, 0.15) is 15.9 Å². The first-order valence-electron chi connectivity index (χ1n) is 8.58. The summed E-state index contributed by atoms with van der Waals surface area (Å²) in [5, 5.41) is 7.01. The summed E-state index contributed by atoms with van der Waals surface area (Å²) < 4.78 is 30.7. The van der Waals surface area contributed by atoms with Crippen molar-refractivity contribution >= 4 is 11.6 Å². The molecule has 0 unspecified atom stereocenters. The van der Waals surface area contributed by atoms with Crippen molar-refractivity contribution < 1.29 is 13.6 Å². The monoisotopic (exact) mass is 378 g/mol. The van der Waals surface area contributed by atoms with Gasteiger partial charge in [-0.2, -0.15) is 5.10 Å². The van der Waals surface area contributed by atoms with E-state index in [1.54, 1.807) is 54.2 Å². The van der Waals surface area contributed by atoms with Gasteiger partial charge in [0, 0.05) is 18.1 Å². The molecule has 7 heteroatoms. The number of aryl methyl sites for hydroxylation is 1. The van der Waals surface area contributed by atoms with Gasteiger partial charge in [0.05, 0.1) is 6.20 Å². The fourth-order valence-electron chi connectivity index (χ4n) is 2.98. The maximum absolute atomic E-state index is 14.3. The summed E-state index contributed by atoms with van der Waals surface area (Å²) in [7, 11) is 0. The average Bonchev–Trinajstić information content (AvgIpc) is 3.33. The van der Waals surface area contributed by atoms with Crippen LogP contribution in [-0.2, 0) is 0 Å². The maximum Gasteiger partial charge on any atom is 0.261 e. The predicted molar refractivity (Wildman–Crippen MR) is 102 cm³/mol. The molecule has 0 fully saturated rings. The van der Waals surface area contributed by atoms with Crippen molar-refractivity contribution in [3.63, 3.8) is 0 Å². The lowest BCUT2D eigenvalue weighted by Crippen LogP contribution is -2.16. The van der Waals surface area contributed by atoms with Crippen LogP contribution in [0.2, 0.25) is 0 Å². The zero-order valence-corrected chi connectivity index (χ0v) is 14.9. The molecule has 28 heavy (non-hydrogen) atoms. The number of para-hydroxylation sites is 1. The van der Waals surface area contributed by atoms with Gasteiger partial charge in [0.1, 0.15) is 22.9 Å². The first-order chi connectivity index (χ1) is 13.5. The van der Waals surface area contributed by atoms with Crippen LogP contribution in [-0.4, -0.2) is 20.3 Å². The Kier molecular flexibility index (Phi) is 4.49. The number of benzene rings is 2. The van der Waals surface area contributed by atoms with Crippen LogP contribution in [0.3, 0.4) is 0 Å². The van der Waals surface area contributed by atoms with Crippen molar-refractivity contribution in [3.05, 3.63) is 95.9 Å². The number of carbonyl (C=O) groups is 1. The number of nitrogens with zero attached hydrogens (tertiary/aromatic N) is 3. The average molecular weight is 378 g/mol. The number of nitrogens with one attached hydrogen (secondary N) is 1. The minimum atomic E-state index is -0.458. The Bertz CT molecular complexity index is 1150. The van der Waals surface area contributed by atoms with Gasteiger partial charge < -0.3 is 9.88 Å². The Morgan fingerprint density at radius 3 is 2.50 bits per heavy atom. The van der Waals surface area contributed by atoms with Gasteiger partial charge in [-0.25, -0.2) is 13.5 Å². The number of carbonyl (C=O) groups excluding carboxylic acids is 1. The Labute approximate surface area is 159 Å². The molecular formula is C21H16F2N4O. The lowest BCUT2D eigenvalue weighted by molar-refractivity contribution is 0.102. The number of anilines is 1. The molecule has 5 nitrogen and oxygen atoms in total. The Morgan fingerprint density at radius 1 is 1.04 bits per heavy atom. The maximum atomic E-state index is 14.3. The summed E-state index contributed by atoms with van der Waals surface area (Å²) in [6, 6.07) is 13.9. The SMILES string of the molecule is Cc1cc(F)ccc1NC(=O)c1cnn(-c2ccccc2F)c1-n1cccc1. The minimum absolute atomic E-state index is 0.225. The fourth-order valence-corrected chi connectivity index (χ4v) is 2.98. The molecule has 0 saturated carbocycles. The van der Waals surface area contributed by atoms with Crippen molar-refractivity contribution in [1.29, 1.82) is 0 Å². The van der Waals surface area contributed by atoms with E-state index in [1.165, 1.54) is 35.1 Å². The molecule has 0 saturated heterocycles. The van der Waals surface area contributed by atoms with Crippen LogP contribution in [0.25, 0.3) is 11.5 Å². The first kappa shape index (κ1) is 17.7. The highest BCUT2D eigenvalue weighted by Gasteiger charge is 2.21. The summed E-state index contributed by atoms with van der Waals surface area (Å²) in [6.07, 6.45) is 4.87. The second kappa shape index (κ2) is 7.11. The van der Waals surface area contributed by atoms with Crippen molar-refractivity contribution in [2.75, 3.05) is 5.32 Å². The second-order valence-electron chi connectivity index (χ2n) is 6.25. The van der Waals surface area contributed by atoms with E-state index in [2.05, 4.69) is 10.4 Å².